The summed E-state index contributed by atoms with van der Waals surface area (Å²) in [6, 6.07) is 6.30. The Kier molecular flexibility index (Phi) is 3.45. The van der Waals surface area contributed by atoms with Crippen LogP contribution in [0.4, 0.5) is 16.2 Å². The molecule has 3 rings (SSSR count). The topological polar surface area (TPSA) is 104 Å². The van der Waals surface area contributed by atoms with Crippen molar-refractivity contribution in [2.75, 3.05) is 11.1 Å². The van der Waals surface area contributed by atoms with Gasteiger partial charge in [-0.15, -0.1) is 0 Å². The standard InChI is InChI=1S/C15H19N3O3/c16-10-3-1-2-4-11(10)17-15(21)18-13-9-6-5-8(7-9)12(13)14(19)20/h1-4,8-9,12-13H,5-7,16H2,(H,19,20)(H2,17,18,21). The summed E-state index contributed by atoms with van der Waals surface area (Å²) >= 11 is 0. The minimum absolute atomic E-state index is 0.194. The summed E-state index contributed by atoms with van der Waals surface area (Å²) in [7, 11) is 0. The van der Waals surface area contributed by atoms with Crippen LogP contribution in [0.1, 0.15) is 19.3 Å². The highest BCUT2D eigenvalue weighted by atomic mass is 16.4. The van der Waals surface area contributed by atoms with E-state index in [1.165, 1.54) is 0 Å². The van der Waals surface area contributed by atoms with E-state index in [9.17, 15) is 14.7 Å². The maximum Gasteiger partial charge on any atom is 0.319 e. The lowest BCUT2D eigenvalue weighted by Gasteiger charge is -2.28. The number of nitrogen functional groups attached to an aromatic ring is 1. The summed E-state index contributed by atoms with van der Waals surface area (Å²) in [6.07, 6.45) is 2.84. The number of carbonyl (C=O) groups excluding carboxylic acids is 1. The highest BCUT2D eigenvalue weighted by Gasteiger charge is 2.51. The smallest absolute Gasteiger partial charge is 0.319 e. The van der Waals surface area contributed by atoms with E-state index >= 15 is 0 Å². The second-order valence-electron chi connectivity index (χ2n) is 5.91. The van der Waals surface area contributed by atoms with Gasteiger partial charge in [-0.1, -0.05) is 12.1 Å². The van der Waals surface area contributed by atoms with Crippen LogP contribution in [-0.4, -0.2) is 23.1 Å². The summed E-state index contributed by atoms with van der Waals surface area (Å²) in [5.41, 5.74) is 6.79. The maximum atomic E-state index is 12.1. The minimum Gasteiger partial charge on any atom is -0.481 e. The molecule has 2 aliphatic rings. The van der Waals surface area contributed by atoms with Crippen molar-refractivity contribution in [3.63, 3.8) is 0 Å². The van der Waals surface area contributed by atoms with E-state index in [2.05, 4.69) is 10.6 Å². The van der Waals surface area contributed by atoms with E-state index in [1.807, 2.05) is 0 Å². The number of rotatable bonds is 3. The van der Waals surface area contributed by atoms with Crippen LogP contribution >= 0.6 is 0 Å². The van der Waals surface area contributed by atoms with Crippen LogP contribution in [0.15, 0.2) is 24.3 Å². The molecule has 1 aromatic rings. The Labute approximate surface area is 122 Å². The third-order valence-electron chi connectivity index (χ3n) is 4.71. The first-order valence-electron chi connectivity index (χ1n) is 7.21. The van der Waals surface area contributed by atoms with Crippen molar-refractivity contribution in [3.05, 3.63) is 24.3 Å². The van der Waals surface area contributed by atoms with Gasteiger partial charge in [-0.05, 0) is 43.2 Å². The summed E-state index contributed by atoms with van der Waals surface area (Å²) < 4.78 is 0. The molecule has 2 aliphatic carbocycles. The van der Waals surface area contributed by atoms with Crippen LogP contribution in [0.3, 0.4) is 0 Å². The lowest BCUT2D eigenvalue weighted by atomic mass is 9.84. The van der Waals surface area contributed by atoms with E-state index < -0.39 is 17.9 Å². The van der Waals surface area contributed by atoms with Crippen molar-refractivity contribution in [1.29, 1.82) is 0 Å². The van der Waals surface area contributed by atoms with Crippen molar-refractivity contribution >= 4 is 23.4 Å². The highest BCUT2D eigenvalue weighted by molar-refractivity contribution is 5.93. The fraction of sp³-hybridized carbons (Fsp3) is 0.467. The third-order valence-corrected chi connectivity index (χ3v) is 4.71. The lowest BCUT2D eigenvalue weighted by molar-refractivity contribution is -0.144. The largest absolute Gasteiger partial charge is 0.481 e. The van der Waals surface area contributed by atoms with Gasteiger partial charge in [-0.2, -0.15) is 0 Å². The van der Waals surface area contributed by atoms with Gasteiger partial charge >= 0.3 is 12.0 Å². The molecule has 5 N–H and O–H groups in total. The number of para-hydroxylation sites is 2. The Balaban J connectivity index is 1.67. The number of nitrogens with one attached hydrogen (secondary N) is 2. The molecule has 2 fully saturated rings. The Bertz CT molecular complexity index is 575. The number of anilines is 2. The number of carboxylic acid groups (broad SMARTS) is 1. The number of hydrogen-bond acceptors (Lipinski definition) is 3. The van der Waals surface area contributed by atoms with Gasteiger partial charge in [0.1, 0.15) is 0 Å². The zero-order valence-corrected chi connectivity index (χ0v) is 11.6. The molecule has 1 aromatic carbocycles. The van der Waals surface area contributed by atoms with E-state index in [0.717, 1.165) is 19.3 Å². The van der Waals surface area contributed by atoms with Gasteiger partial charge in [0.05, 0.1) is 17.3 Å². The van der Waals surface area contributed by atoms with Gasteiger partial charge in [-0.3, -0.25) is 4.79 Å². The fourth-order valence-corrected chi connectivity index (χ4v) is 3.77. The van der Waals surface area contributed by atoms with Crippen molar-refractivity contribution in [3.8, 4) is 0 Å². The number of urea groups is 1. The van der Waals surface area contributed by atoms with E-state index in [0.29, 0.717) is 11.4 Å². The van der Waals surface area contributed by atoms with Gasteiger partial charge in [0.25, 0.3) is 0 Å². The van der Waals surface area contributed by atoms with Crippen LogP contribution in [0.5, 0.6) is 0 Å². The number of aliphatic carboxylic acids is 1. The average Bonchev–Trinajstić information content (AvgIpc) is 3.02. The average molecular weight is 289 g/mol. The molecule has 4 unspecified atom stereocenters. The van der Waals surface area contributed by atoms with Crippen LogP contribution in [0, 0.1) is 17.8 Å². The normalized spacial score (nSPS) is 30.1. The predicted octanol–water partition coefficient (Wildman–Crippen LogP) is 1.89. The Hall–Kier alpha value is -2.24. The quantitative estimate of drug-likeness (QED) is 0.638. The number of fused-ring (bicyclic) bond motifs is 2. The highest BCUT2D eigenvalue weighted by Crippen LogP contribution is 2.48. The first kappa shape index (κ1) is 13.7. The van der Waals surface area contributed by atoms with Crippen LogP contribution < -0.4 is 16.4 Å². The van der Waals surface area contributed by atoms with Crippen molar-refractivity contribution < 1.29 is 14.7 Å². The van der Waals surface area contributed by atoms with Gasteiger partial charge < -0.3 is 21.5 Å². The van der Waals surface area contributed by atoms with Crippen LogP contribution in [0.25, 0.3) is 0 Å². The fourth-order valence-electron chi connectivity index (χ4n) is 3.77. The van der Waals surface area contributed by atoms with Gasteiger partial charge in [0, 0.05) is 6.04 Å². The van der Waals surface area contributed by atoms with Gasteiger partial charge in [0.15, 0.2) is 0 Å². The zero-order chi connectivity index (χ0) is 15.0. The maximum absolute atomic E-state index is 12.1. The van der Waals surface area contributed by atoms with Gasteiger partial charge in [-0.25, -0.2) is 4.79 Å². The summed E-state index contributed by atoms with van der Waals surface area (Å²) in [5.74, 6) is -0.816. The Morgan fingerprint density at radius 2 is 1.90 bits per heavy atom. The van der Waals surface area contributed by atoms with Crippen molar-refractivity contribution in [1.82, 2.24) is 5.32 Å². The second kappa shape index (κ2) is 5.27. The second-order valence-corrected chi connectivity index (χ2v) is 5.91. The molecule has 4 atom stereocenters. The predicted molar refractivity (Wildman–Crippen MR) is 78.8 cm³/mol. The molecule has 0 aliphatic heterocycles. The number of carbonyl (C=O) groups is 2. The third kappa shape index (κ3) is 2.53. The molecule has 2 amide bonds. The van der Waals surface area contributed by atoms with Crippen LogP contribution in [-0.2, 0) is 4.79 Å². The molecule has 2 saturated carbocycles. The molecule has 0 spiro atoms. The molecule has 21 heavy (non-hydrogen) atoms. The molecule has 2 bridgehead atoms. The van der Waals surface area contributed by atoms with Crippen molar-refractivity contribution in [2.45, 2.75) is 25.3 Å². The zero-order valence-electron chi connectivity index (χ0n) is 11.6. The summed E-state index contributed by atoms with van der Waals surface area (Å²) in [5, 5.41) is 14.9. The van der Waals surface area contributed by atoms with Crippen molar-refractivity contribution in [2.24, 2.45) is 17.8 Å². The van der Waals surface area contributed by atoms with E-state index in [1.54, 1.807) is 24.3 Å². The summed E-state index contributed by atoms with van der Waals surface area (Å²) in [4.78, 5) is 23.5. The molecule has 0 saturated heterocycles. The number of carboxylic acids is 1. The molecule has 0 radical (unpaired) electrons. The SMILES string of the molecule is Nc1ccccc1NC(=O)NC1C2CCC(C2)C1C(=O)O. The molecular formula is C15H19N3O3. The van der Waals surface area contributed by atoms with E-state index in [-0.39, 0.29) is 17.9 Å². The van der Waals surface area contributed by atoms with E-state index in [4.69, 9.17) is 5.73 Å². The molecule has 112 valence electrons. The Morgan fingerprint density at radius 3 is 2.62 bits per heavy atom. The van der Waals surface area contributed by atoms with Gasteiger partial charge in [0.2, 0.25) is 0 Å². The molecule has 0 heterocycles. The number of amides is 2. The number of benzene rings is 1. The number of hydrogen-bond donors (Lipinski definition) is 4. The molecule has 0 aromatic heterocycles. The number of nitrogens with two attached hydrogens (primary N) is 1. The molecule has 6 nitrogen and oxygen atoms in total. The molecular weight excluding hydrogens is 270 g/mol. The Morgan fingerprint density at radius 1 is 1.19 bits per heavy atom. The van der Waals surface area contributed by atoms with Crippen LogP contribution in [0.2, 0.25) is 0 Å². The monoisotopic (exact) mass is 289 g/mol. The first-order valence-corrected chi connectivity index (χ1v) is 7.21. The lowest BCUT2D eigenvalue weighted by Crippen LogP contribution is -2.48. The summed E-state index contributed by atoms with van der Waals surface area (Å²) in [6.45, 7) is 0. The minimum atomic E-state index is -0.813. The first-order chi connectivity index (χ1) is 10.1. The molecule has 6 heteroatoms.